The molecule has 0 radical (unpaired) electrons. The number of amides is 1. The SMILES string of the molecule is Cc1nc(CC(=O)N2C[C@H]3CC[C@@H]2CN(Cc2ccc(F)cc2)C3)cs1. The van der Waals surface area contributed by atoms with Crippen LogP contribution < -0.4 is 0 Å². The molecule has 3 saturated heterocycles. The zero-order valence-electron chi connectivity index (χ0n) is 15.0. The molecule has 3 aliphatic rings. The van der Waals surface area contributed by atoms with Crippen molar-refractivity contribution in [3.63, 3.8) is 0 Å². The summed E-state index contributed by atoms with van der Waals surface area (Å²) in [5.41, 5.74) is 2.02. The van der Waals surface area contributed by atoms with E-state index in [4.69, 9.17) is 0 Å². The van der Waals surface area contributed by atoms with Gasteiger partial charge in [0, 0.05) is 37.6 Å². The van der Waals surface area contributed by atoms with E-state index < -0.39 is 0 Å². The summed E-state index contributed by atoms with van der Waals surface area (Å²) >= 11 is 1.60. The van der Waals surface area contributed by atoms with Crippen LogP contribution in [0.2, 0.25) is 0 Å². The highest BCUT2D eigenvalue weighted by Crippen LogP contribution is 2.29. The molecule has 3 fully saturated rings. The number of thiazole rings is 1. The summed E-state index contributed by atoms with van der Waals surface area (Å²) in [6.07, 6.45) is 2.67. The smallest absolute Gasteiger partial charge is 0.228 e. The van der Waals surface area contributed by atoms with Gasteiger partial charge in [-0.05, 0) is 43.4 Å². The first kappa shape index (κ1) is 17.6. The molecule has 4 nitrogen and oxygen atoms in total. The number of halogens is 1. The number of aryl methyl sites for hydroxylation is 1. The van der Waals surface area contributed by atoms with Crippen LogP contribution in [0.15, 0.2) is 29.6 Å². The molecule has 0 unspecified atom stereocenters. The van der Waals surface area contributed by atoms with Crippen LogP contribution in [0.25, 0.3) is 0 Å². The number of fused-ring (bicyclic) bond motifs is 4. The van der Waals surface area contributed by atoms with Gasteiger partial charge in [-0.1, -0.05) is 12.1 Å². The molecule has 26 heavy (non-hydrogen) atoms. The van der Waals surface area contributed by atoms with Crippen LogP contribution in [0.1, 0.15) is 29.1 Å². The van der Waals surface area contributed by atoms with E-state index in [9.17, 15) is 9.18 Å². The van der Waals surface area contributed by atoms with Gasteiger partial charge < -0.3 is 4.90 Å². The van der Waals surface area contributed by atoms with E-state index in [-0.39, 0.29) is 17.8 Å². The van der Waals surface area contributed by atoms with Gasteiger partial charge in [-0.2, -0.15) is 0 Å². The number of piperidine rings is 1. The van der Waals surface area contributed by atoms with Crippen molar-refractivity contribution < 1.29 is 9.18 Å². The zero-order valence-corrected chi connectivity index (χ0v) is 15.8. The molecule has 5 rings (SSSR count). The molecule has 0 aliphatic carbocycles. The number of hydrogen-bond acceptors (Lipinski definition) is 4. The molecule has 1 aromatic carbocycles. The average Bonchev–Trinajstić information content (AvgIpc) is 2.84. The Labute approximate surface area is 157 Å². The third-order valence-electron chi connectivity index (χ3n) is 5.43. The Kier molecular flexibility index (Phi) is 5.05. The van der Waals surface area contributed by atoms with Gasteiger partial charge in [0.25, 0.3) is 0 Å². The van der Waals surface area contributed by atoms with Gasteiger partial charge in [0.1, 0.15) is 5.82 Å². The fourth-order valence-corrected chi connectivity index (χ4v) is 4.82. The molecular formula is C20H24FN3OS. The number of benzene rings is 1. The summed E-state index contributed by atoms with van der Waals surface area (Å²) in [6.45, 7) is 5.55. The summed E-state index contributed by atoms with van der Waals surface area (Å²) in [5.74, 6) is 0.530. The largest absolute Gasteiger partial charge is 0.338 e. The number of carbonyl (C=O) groups is 1. The Hall–Kier alpha value is -1.79. The highest BCUT2D eigenvalue weighted by atomic mass is 32.1. The monoisotopic (exact) mass is 373 g/mol. The first-order valence-electron chi connectivity index (χ1n) is 9.24. The molecule has 3 aliphatic heterocycles. The summed E-state index contributed by atoms with van der Waals surface area (Å²) in [7, 11) is 0. The van der Waals surface area contributed by atoms with Crippen LogP contribution in [0, 0.1) is 18.7 Å². The number of carbonyl (C=O) groups excluding carboxylic acids is 1. The van der Waals surface area contributed by atoms with Gasteiger partial charge in [0.05, 0.1) is 17.1 Å². The molecule has 4 heterocycles. The molecule has 0 N–H and O–H groups in total. The maximum absolute atomic E-state index is 13.1. The Balaban J connectivity index is 1.42. The van der Waals surface area contributed by atoms with Crippen molar-refractivity contribution in [1.82, 2.24) is 14.8 Å². The number of hydrogen-bond donors (Lipinski definition) is 0. The quantitative estimate of drug-likeness (QED) is 0.825. The minimum atomic E-state index is -0.196. The molecule has 0 spiro atoms. The van der Waals surface area contributed by atoms with Crippen LogP contribution in [-0.2, 0) is 17.8 Å². The fraction of sp³-hybridized carbons (Fsp3) is 0.500. The van der Waals surface area contributed by atoms with E-state index in [1.54, 1.807) is 11.3 Å². The number of aromatic nitrogens is 1. The summed E-state index contributed by atoms with van der Waals surface area (Å²) in [4.78, 5) is 21.8. The van der Waals surface area contributed by atoms with E-state index in [2.05, 4.69) is 14.8 Å². The normalized spacial score (nSPS) is 23.2. The first-order valence-corrected chi connectivity index (χ1v) is 10.1. The van der Waals surface area contributed by atoms with Crippen molar-refractivity contribution in [1.29, 1.82) is 0 Å². The minimum absolute atomic E-state index is 0.196. The zero-order chi connectivity index (χ0) is 18.1. The van der Waals surface area contributed by atoms with Crippen molar-refractivity contribution >= 4 is 17.2 Å². The van der Waals surface area contributed by atoms with Crippen molar-refractivity contribution in [3.8, 4) is 0 Å². The Morgan fingerprint density at radius 1 is 1.23 bits per heavy atom. The standard InChI is InChI=1S/C20H24FN3OS/c1-14-22-18(13-26-14)8-20(25)24-11-16-4-7-19(24)12-23(10-16)9-15-2-5-17(21)6-3-15/h2-3,5-6,13,16,19H,4,7-12H2,1H3/t16-,19+/m0/s1. The molecule has 1 amide bonds. The van der Waals surface area contributed by atoms with E-state index >= 15 is 0 Å². The number of nitrogens with zero attached hydrogens (tertiary/aromatic N) is 3. The lowest BCUT2D eigenvalue weighted by Gasteiger charge is -2.36. The van der Waals surface area contributed by atoms with E-state index in [0.717, 1.165) is 48.9 Å². The molecule has 138 valence electrons. The Morgan fingerprint density at radius 3 is 2.77 bits per heavy atom. The van der Waals surface area contributed by atoms with E-state index in [0.29, 0.717) is 12.3 Å². The third-order valence-corrected chi connectivity index (χ3v) is 6.25. The molecular weight excluding hydrogens is 349 g/mol. The van der Waals surface area contributed by atoms with Crippen molar-refractivity contribution in [2.45, 2.75) is 38.8 Å². The van der Waals surface area contributed by atoms with Crippen molar-refractivity contribution in [2.75, 3.05) is 19.6 Å². The summed E-state index contributed by atoms with van der Waals surface area (Å²) in [6, 6.07) is 7.04. The topological polar surface area (TPSA) is 36.4 Å². The number of rotatable bonds is 4. The second-order valence-electron chi connectivity index (χ2n) is 7.50. The van der Waals surface area contributed by atoms with Gasteiger partial charge in [-0.15, -0.1) is 11.3 Å². The summed E-state index contributed by atoms with van der Waals surface area (Å²) in [5, 5.41) is 3.00. The maximum atomic E-state index is 13.1. The van der Waals surface area contributed by atoms with Gasteiger partial charge in [0.2, 0.25) is 5.91 Å². The summed E-state index contributed by atoms with van der Waals surface area (Å²) < 4.78 is 13.1. The molecule has 2 aromatic rings. The highest BCUT2D eigenvalue weighted by molar-refractivity contribution is 7.09. The average molecular weight is 373 g/mol. The van der Waals surface area contributed by atoms with E-state index in [1.165, 1.54) is 18.6 Å². The molecule has 2 bridgehead atoms. The first-order chi connectivity index (χ1) is 12.6. The van der Waals surface area contributed by atoms with Crippen LogP contribution in [0.3, 0.4) is 0 Å². The predicted molar refractivity (Wildman–Crippen MR) is 100 cm³/mol. The fourth-order valence-electron chi connectivity index (χ4n) is 4.21. The van der Waals surface area contributed by atoms with Crippen LogP contribution in [-0.4, -0.2) is 46.4 Å². The molecule has 0 saturated carbocycles. The molecule has 2 atom stereocenters. The third kappa shape index (κ3) is 3.96. The van der Waals surface area contributed by atoms with Crippen LogP contribution >= 0.6 is 11.3 Å². The van der Waals surface area contributed by atoms with Gasteiger partial charge >= 0.3 is 0 Å². The van der Waals surface area contributed by atoms with Crippen LogP contribution in [0.4, 0.5) is 4.39 Å². The molecule has 6 heteroatoms. The van der Waals surface area contributed by atoms with Gasteiger partial charge in [-0.3, -0.25) is 9.69 Å². The molecule has 1 aromatic heterocycles. The van der Waals surface area contributed by atoms with Crippen molar-refractivity contribution in [3.05, 3.63) is 51.7 Å². The van der Waals surface area contributed by atoms with Crippen LogP contribution in [0.5, 0.6) is 0 Å². The second-order valence-corrected chi connectivity index (χ2v) is 8.56. The van der Waals surface area contributed by atoms with Gasteiger partial charge in [-0.25, -0.2) is 9.37 Å². The van der Waals surface area contributed by atoms with E-state index in [1.807, 2.05) is 24.4 Å². The lowest BCUT2D eigenvalue weighted by atomic mass is 9.94. The lowest BCUT2D eigenvalue weighted by Crippen LogP contribution is -2.48. The Bertz CT molecular complexity index is 776. The second kappa shape index (κ2) is 7.45. The van der Waals surface area contributed by atoms with Crippen molar-refractivity contribution in [2.24, 2.45) is 5.92 Å². The minimum Gasteiger partial charge on any atom is -0.338 e. The Morgan fingerprint density at radius 2 is 2.04 bits per heavy atom. The lowest BCUT2D eigenvalue weighted by molar-refractivity contribution is -0.134. The van der Waals surface area contributed by atoms with Gasteiger partial charge in [0.15, 0.2) is 0 Å². The predicted octanol–water partition coefficient (Wildman–Crippen LogP) is 3.26. The maximum Gasteiger partial charge on any atom is 0.228 e. The highest BCUT2D eigenvalue weighted by Gasteiger charge is 2.37.